The van der Waals surface area contributed by atoms with Crippen LogP contribution in [0.25, 0.3) is 0 Å². The lowest BCUT2D eigenvalue weighted by atomic mass is 10.1. The molecule has 2 unspecified atom stereocenters. The zero-order valence-electron chi connectivity index (χ0n) is 11.1. The fraction of sp³-hybridized carbons (Fsp3) is 0.462. The molecule has 7 heteroatoms. The number of hydrogen-bond acceptors (Lipinski definition) is 3. The van der Waals surface area contributed by atoms with Crippen LogP contribution in [0.1, 0.15) is 23.7 Å². The average molecular weight is 284 g/mol. The van der Waals surface area contributed by atoms with E-state index in [-0.39, 0.29) is 0 Å². The first kappa shape index (κ1) is 14.4. The number of carbonyl (C=O) groups is 1. The number of carbonyl (C=O) groups excluding carboxylic acids is 1. The minimum absolute atomic E-state index is 0.369. The van der Waals surface area contributed by atoms with Crippen LogP contribution >= 0.6 is 0 Å². The Labute approximate surface area is 114 Å². The van der Waals surface area contributed by atoms with Gasteiger partial charge < -0.3 is 4.90 Å². The van der Waals surface area contributed by atoms with Gasteiger partial charge in [-0.3, -0.25) is 14.9 Å². The van der Waals surface area contributed by atoms with E-state index in [0.29, 0.717) is 30.5 Å². The third kappa shape index (κ3) is 2.76. The van der Waals surface area contributed by atoms with Gasteiger partial charge in [-0.15, -0.1) is 0 Å². The second-order valence-electron chi connectivity index (χ2n) is 5.20. The molecule has 2 atom stereocenters. The molecule has 0 N–H and O–H groups in total. The predicted molar refractivity (Wildman–Crippen MR) is 67.2 cm³/mol. The van der Waals surface area contributed by atoms with Crippen LogP contribution in [0, 0.1) is 33.6 Å². The van der Waals surface area contributed by atoms with Gasteiger partial charge in [0.2, 0.25) is 0 Å². The Kier molecular flexibility index (Phi) is 3.69. The third-order valence-corrected chi connectivity index (χ3v) is 3.60. The molecular weight excluding hydrogens is 270 g/mol. The number of hydrogen-bond donors (Lipinski definition) is 0. The molecule has 108 valence electrons. The van der Waals surface area contributed by atoms with Gasteiger partial charge in [0.15, 0.2) is 11.6 Å². The molecule has 2 rings (SSSR count). The Morgan fingerprint density at radius 2 is 2.00 bits per heavy atom. The van der Waals surface area contributed by atoms with Crippen LogP contribution in [0.3, 0.4) is 0 Å². The molecule has 20 heavy (non-hydrogen) atoms. The van der Waals surface area contributed by atoms with Crippen LogP contribution in [0.2, 0.25) is 0 Å². The van der Waals surface area contributed by atoms with E-state index in [1.807, 2.05) is 6.92 Å². The Hall–Kier alpha value is -2.05. The topological polar surface area (TPSA) is 63.5 Å². The van der Waals surface area contributed by atoms with Gasteiger partial charge in [0.25, 0.3) is 11.6 Å². The molecule has 1 aromatic carbocycles. The average Bonchev–Trinajstić information content (AvgIpc) is 3.06. The van der Waals surface area contributed by atoms with Gasteiger partial charge in [0, 0.05) is 13.6 Å². The Balaban J connectivity index is 2.28. The van der Waals surface area contributed by atoms with Gasteiger partial charge in [-0.05, 0) is 24.3 Å². The molecule has 0 heterocycles. The first-order valence-electron chi connectivity index (χ1n) is 6.20. The largest absolute Gasteiger partial charge is 0.341 e. The van der Waals surface area contributed by atoms with Gasteiger partial charge in [-0.2, -0.15) is 0 Å². The highest BCUT2D eigenvalue weighted by Crippen LogP contribution is 2.38. The van der Waals surface area contributed by atoms with E-state index in [0.717, 1.165) is 6.42 Å². The van der Waals surface area contributed by atoms with Crippen LogP contribution < -0.4 is 0 Å². The fourth-order valence-electron chi connectivity index (χ4n) is 2.15. The molecule has 0 bridgehead atoms. The summed E-state index contributed by atoms with van der Waals surface area (Å²) < 4.78 is 26.3. The molecule has 1 aromatic rings. The van der Waals surface area contributed by atoms with Crippen LogP contribution in [0.4, 0.5) is 14.5 Å². The van der Waals surface area contributed by atoms with Crippen molar-refractivity contribution in [3.8, 4) is 0 Å². The second-order valence-corrected chi connectivity index (χ2v) is 5.20. The molecule has 1 aliphatic carbocycles. The molecule has 0 aliphatic heterocycles. The summed E-state index contributed by atoms with van der Waals surface area (Å²) in [6, 6.07) is 1.03. The normalized spacial score (nSPS) is 20.6. The highest BCUT2D eigenvalue weighted by molar-refractivity contribution is 5.98. The maximum atomic E-state index is 13.2. The number of nitro groups is 1. The molecule has 5 nitrogen and oxygen atoms in total. The summed E-state index contributed by atoms with van der Waals surface area (Å²) in [7, 11) is 1.50. The number of benzene rings is 1. The lowest BCUT2D eigenvalue weighted by Crippen LogP contribution is -2.29. The maximum absolute atomic E-state index is 13.2. The van der Waals surface area contributed by atoms with E-state index < -0.39 is 33.7 Å². The zero-order valence-corrected chi connectivity index (χ0v) is 11.1. The smallest absolute Gasteiger partial charge is 0.285 e. The molecule has 1 saturated carbocycles. The van der Waals surface area contributed by atoms with E-state index >= 15 is 0 Å². The van der Waals surface area contributed by atoms with Crippen LogP contribution in [0.15, 0.2) is 12.1 Å². The summed E-state index contributed by atoms with van der Waals surface area (Å²) in [6.45, 7) is 2.50. The Morgan fingerprint density at radius 1 is 1.45 bits per heavy atom. The molecule has 0 saturated heterocycles. The van der Waals surface area contributed by atoms with Gasteiger partial charge in [0.05, 0.1) is 11.0 Å². The van der Waals surface area contributed by atoms with Gasteiger partial charge in [0.1, 0.15) is 5.56 Å². The standard InChI is InChI=1S/C13H14F2N2O3/c1-7-3-8(7)6-16(2)13(18)9-4-10(14)11(15)5-12(9)17(19)20/h4-5,7-8H,3,6H2,1-2H3. The predicted octanol–water partition coefficient (Wildman–Crippen LogP) is 2.60. The lowest BCUT2D eigenvalue weighted by molar-refractivity contribution is -0.385. The van der Waals surface area contributed by atoms with E-state index in [9.17, 15) is 23.7 Å². The van der Waals surface area contributed by atoms with Gasteiger partial charge in [-0.1, -0.05) is 6.92 Å². The summed E-state index contributed by atoms with van der Waals surface area (Å²) in [6.07, 6.45) is 0.998. The van der Waals surface area contributed by atoms with E-state index in [1.165, 1.54) is 11.9 Å². The monoisotopic (exact) mass is 284 g/mol. The van der Waals surface area contributed by atoms with Crippen molar-refractivity contribution in [1.29, 1.82) is 0 Å². The number of halogens is 2. The van der Waals surface area contributed by atoms with Crippen molar-refractivity contribution in [3.63, 3.8) is 0 Å². The number of rotatable bonds is 4. The first-order chi connectivity index (χ1) is 9.31. The molecule has 0 radical (unpaired) electrons. The molecule has 1 amide bonds. The minimum Gasteiger partial charge on any atom is -0.341 e. The zero-order chi connectivity index (χ0) is 15.0. The quantitative estimate of drug-likeness (QED) is 0.630. The van der Waals surface area contributed by atoms with Crippen molar-refractivity contribution in [2.24, 2.45) is 11.8 Å². The Morgan fingerprint density at radius 3 is 2.50 bits per heavy atom. The van der Waals surface area contributed by atoms with Crippen molar-refractivity contribution in [3.05, 3.63) is 39.4 Å². The van der Waals surface area contributed by atoms with E-state index in [4.69, 9.17) is 0 Å². The highest BCUT2D eigenvalue weighted by Gasteiger charge is 2.35. The molecule has 0 aromatic heterocycles. The fourth-order valence-corrected chi connectivity index (χ4v) is 2.15. The number of amides is 1. The van der Waals surface area contributed by atoms with Gasteiger partial charge >= 0.3 is 0 Å². The minimum atomic E-state index is -1.34. The number of nitrogens with zero attached hydrogens (tertiary/aromatic N) is 2. The van der Waals surface area contributed by atoms with Crippen molar-refractivity contribution in [2.45, 2.75) is 13.3 Å². The van der Waals surface area contributed by atoms with E-state index in [2.05, 4.69) is 0 Å². The highest BCUT2D eigenvalue weighted by atomic mass is 19.2. The molecular formula is C13H14F2N2O3. The van der Waals surface area contributed by atoms with Crippen LogP contribution in [-0.2, 0) is 0 Å². The van der Waals surface area contributed by atoms with Crippen molar-refractivity contribution < 1.29 is 18.5 Å². The van der Waals surface area contributed by atoms with Crippen LogP contribution in [-0.4, -0.2) is 29.3 Å². The van der Waals surface area contributed by atoms with Crippen LogP contribution in [0.5, 0.6) is 0 Å². The summed E-state index contributed by atoms with van der Waals surface area (Å²) >= 11 is 0. The summed E-state index contributed by atoms with van der Waals surface area (Å²) in [5.74, 6) is -2.40. The SMILES string of the molecule is CC1CC1CN(C)C(=O)c1cc(F)c(F)cc1[N+](=O)[O-]. The van der Waals surface area contributed by atoms with Crippen molar-refractivity contribution in [2.75, 3.05) is 13.6 Å². The molecule has 0 spiro atoms. The van der Waals surface area contributed by atoms with Crippen molar-refractivity contribution >= 4 is 11.6 Å². The first-order valence-corrected chi connectivity index (χ1v) is 6.20. The Bertz CT molecular complexity index is 577. The lowest BCUT2D eigenvalue weighted by Gasteiger charge is -2.17. The number of nitro benzene ring substituents is 1. The summed E-state index contributed by atoms with van der Waals surface area (Å²) in [4.78, 5) is 23.4. The van der Waals surface area contributed by atoms with Gasteiger partial charge in [-0.25, -0.2) is 8.78 Å². The van der Waals surface area contributed by atoms with Crippen molar-refractivity contribution in [1.82, 2.24) is 4.90 Å². The third-order valence-electron chi connectivity index (χ3n) is 3.60. The second kappa shape index (κ2) is 5.15. The molecule has 1 fully saturated rings. The molecule has 1 aliphatic rings. The summed E-state index contributed by atoms with van der Waals surface area (Å²) in [5.41, 5.74) is -1.14. The maximum Gasteiger partial charge on any atom is 0.285 e. The summed E-state index contributed by atoms with van der Waals surface area (Å²) in [5, 5.41) is 10.8. The van der Waals surface area contributed by atoms with E-state index in [1.54, 1.807) is 0 Å².